The third kappa shape index (κ3) is 1.59. The molecular weight excluding hydrogens is 146 g/mol. The molecular formula is C6H5N3O2. The van der Waals surface area contributed by atoms with E-state index in [9.17, 15) is 9.59 Å². The lowest BCUT2D eigenvalue weighted by molar-refractivity contribution is 0.100. The van der Waals surface area contributed by atoms with E-state index in [0.29, 0.717) is 0 Å². The van der Waals surface area contributed by atoms with Crippen LogP contribution in [0.4, 0.5) is 0 Å². The van der Waals surface area contributed by atoms with Gasteiger partial charge in [0, 0.05) is 13.2 Å². The van der Waals surface area contributed by atoms with E-state index in [4.69, 9.17) is 0 Å². The summed E-state index contributed by atoms with van der Waals surface area (Å²) >= 11 is 0. The highest BCUT2D eigenvalue weighted by molar-refractivity contribution is 5.96. The largest absolute Gasteiger partial charge is 0.290 e. The van der Waals surface area contributed by atoms with E-state index in [1.165, 1.54) is 17.1 Å². The van der Waals surface area contributed by atoms with Crippen molar-refractivity contribution in [3.8, 4) is 0 Å². The Kier molecular flexibility index (Phi) is 1.94. The van der Waals surface area contributed by atoms with Crippen LogP contribution in [0.2, 0.25) is 0 Å². The number of carbonyl (C=O) groups is 1. The molecule has 56 valence electrons. The SMILES string of the molecule is Cn1cc(C(=O)N=C=O)cn1. The van der Waals surface area contributed by atoms with Crippen molar-refractivity contribution in [1.29, 1.82) is 0 Å². The van der Waals surface area contributed by atoms with Crippen LogP contribution in [0.15, 0.2) is 17.4 Å². The van der Waals surface area contributed by atoms with Crippen molar-refractivity contribution in [3.05, 3.63) is 18.0 Å². The van der Waals surface area contributed by atoms with Gasteiger partial charge < -0.3 is 0 Å². The molecule has 0 saturated carbocycles. The number of isocyanates is 1. The summed E-state index contributed by atoms with van der Waals surface area (Å²) < 4.78 is 1.45. The second kappa shape index (κ2) is 2.90. The van der Waals surface area contributed by atoms with E-state index in [1.807, 2.05) is 0 Å². The molecule has 0 fully saturated rings. The van der Waals surface area contributed by atoms with Crippen molar-refractivity contribution in [3.63, 3.8) is 0 Å². The number of aliphatic imine (C=N–C) groups is 1. The summed E-state index contributed by atoms with van der Waals surface area (Å²) in [6.45, 7) is 0. The van der Waals surface area contributed by atoms with E-state index < -0.39 is 5.91 Å². The van der Waals surface area contributed by atoms with Gasteiger partial charge in [-0.15, -0.1) is 4.99 Å². The van der Waals surface area contributed by atoms with Crippen LogP contribution < -0.4 is 0 Å². The predicted octanol–water partition coefficient (Wildman–Crippen LogP) is -0.104. The molecule has 0 bridgehead atoms. The van der Waals surface area contributed by atoms with Gasteiger partial charge in [0.25, 0.3) is 5.91 Å². The fourth-order valence-corrected chi connectivity index (χ4v) is 0.638. The van der Waals surface area contributed by atoms with Gasteiger partial charge in [-0.05, 0) is 0 Å². The number of hydrogen-bond acceptors (Lipinski definition) is 3. The maximum Gasteiger partial charge on any atom is 0.290 e. The Morgan fingerprint density at radius 1 is 1.82 bits per heavy atom. The minimum atomic E-state index is -0.617. The van der Waals surface area contributed by atoms with Crippen LogP contribution in [0, 0.1) is 0 Å². The van der Waals surface area contributed by atoms with Crippen molar-refractivity contribution < 1.29 is 9.59 Å². The first kappa shape index (κ1) is 7.37. The summed E-state index contributed by atoms with van der Waals surface area (Å²) in [7, 11) is 1.67. The third-order valence-corrected chi connectivity index (χ3v) is 1.10. The highest BCUT2D eigenvalue weighted by Crippen LogP contribution is 1.97. The molecule has 5 heteroatoms. The van der Waals surface area contributed by atoms with Crippen LogP contribution in [-0.2, 0) is 11.8 Å². The molecule has 1 rings (SSSR count). The van der Waals surface area contributed by atoms with Crippen LogP contribution >= 0.6 is 0 Å². The molecule has 5 nitrogen and oxygen atoms in total. The van der Waals surface area contributed by atoms with Crippen molar-refractivity contribution in [2.75, 3.05) is 0 Å². The Bertz CT molecular complexity index is 322. The molecule has 11 heavy (non-hydrogen) atoms. The molecule has 0 N–H and O–H groups in total. The molecule has 0 radical (unpaired) electrons. The molecule has 0 spiro atoms. The number of rotatable bonds is 1. The van der Waals surface area contributed by atoms with Crippen molar-refractivity contribution >= 4 is 12.0 Å². The molecule has 0 atom stereocenters. The summed E-state index contributed by atoms with van der Waals surface area (Å²) in [6.07, 6.45) is 3.98. The Hall–Kier alpha value is -1.74. The lowest BCUT2D eigenvalue weighted by Gasteiger charge is -1.81. The molecule has 1 amide bonds. The highest BCUT2D eigenvalue weighted by Gasteiger charge is 2.04. The molecule has 0 aliphatic carbocycles. The van der Waals surface area contributed by atoms with Gasteiger partial charge in [-0.3, -0.25) is 9.48 Å². The smallest absolute Gasteiger partial charge is 0.275 e. The Labute approximate surface area is 62.4 Å². The van der Waals surface area contributed by atoms with Gasteiger partial charge >= 0.3 is 0 Å². The minimum absolute atomic E-state index is 0.288. The molecule has 1 aromatic heterocycles. The van der Waals surface area contributed by atoms with Gasteiger partial charge in [-0.1, -0.05) is 0 Å². The van der Waals surface area contributed by atoms with E-state index >= 15 is 0 Å². The molecule has 1 heterocycles. The first-order valence-electron chi connectivity index (χ1n) is 2.85. The molecule has 0 unspecified atom stereocenters. The Morgan fingerprint density at radius 2 is 2.55 bits per heavy atom. The zero-order chi connectivity index (χ0) is 8.27. The van der Waals surface area contributed by atoms with E-state index in [0.717, 1.165) is 6.08 Å². The summed E-state index contributed by atoms with van der Waals surface area (Å²) in [5.74, 6) is -0.617. The van der Waals surface area contributed by atoms with Crippen molar-refractivity contribution in [1.82, 2.24) is 9.78 Å². The van der Waals surface area contributed by atoms with Crippen molar-refractivity contribution in [2.45, 2.75) is 0 Å². The number of hydrogen-bond donors (Lipinski definition) is 0. The maximum atomic E-state index is 10.8. The van der Waals surface area contributed by atoms with Gasteiger partial charge in [0.1, 0.15) is 0 Å². The average Bonchev–Trinajstić information content (AvgIpc) is 2.36. The van der Waals surface area contributed by atoms with Crippen LogP contribution in [-0.4, -0.2) is 21.8 Å². The highest BCUT2D eigenvalue weighted by atomic mass is 16.2. The van der Waals surface area contributed by atoms with Gasteiger partial charge in [0.15, 0.2) is 0 Å². The lowest BCUT2D eigenvalue weighted by atomic mass is 10.3. The summed E-state index contributed by atoms with van der Waals surface area (Å²) in [5, 5.41) is 3.73. The fraction of sp³-hybridized carbons (Fsp3) is 0.167. The number of amides is 1. The number of carbonyl (C=O) groups excluding carboxylic acids is 2. The summed E-state index contributed by atoms with van der Waals surface area (Å²) in [6, 6.07) is 0. The zero-order valence-corrected chi connectivity index (χ0v) is 5.81. The molecule has 0 aliphatic heterocycles. The van der Waals surface area contributed by atoms with Crippen molar-refractivity contribution in [2.24, 2.45) is 12.0 Å². The fourth-order valence-electron chi connectivity index (χ4n) is 0.638. The normalized spacial score (nSPS) is 8.82. The maximum absolute atomic E-state index is 10.8. The van der Waals surface area contributed by atoms with Crippen LogP contribution in [0.1, 0.15) is 10.4 Å². The van der Waals surface area contributed by atoms with Crippen LogP contribution in [0.25, 0.3) is 0 Å². The third-order valence-electron chi connectivity index (χ3n) is 1.10. The monoisotopic (exact) mass is 151 g/mol. The van der Waals surface area contributed by atoms with E-state index in [-0.39, 0.29) is 5.56 Å². The first-order valence-corrected chi connectivity index (χ1v) is 2.85. The predicted molar refractivity (Wildman–Crippen MR) is 35.7 cm³/mol. The minimum Gasteiger partial charge on any atom is -0.275 e. The van der Waals surface area contributed by atoms with E-state index in [2.05, 4.69) is 10.1 Å². The van der Waals surface area contributed by atoms with Crippen LogP contribution in [0.5, 0.6) is 0 Å². The molecule has 0 aliphatic rings. The van der Waals surface area contributed by atoms with Gasteiger partial charge in [0.05, 0.1) is 11.8 Å². The standard InChI is InChI=1S/C6H5N3O2/c1-9-3-5(2-8-9)6(11)7-4-10/h2-3H,1H3. The zero-order valence-electron chi connectivity index (χ0n) is 5.81. The second-order valence-corrected chi connectivity index (χ2v) is 1.91. The lowest BCUT2D eigenvalue weighted by Crippen LogP contribution is -1.91. The quantitative estimate of drug-likeness (QED) is 0.415. The molecule has 1 aromatic rings. The molecule has 0 saturated heterocycles. The van der Waals surface area contributed by atoms with Gasteiger partial charge in [-0.2, -0.15) is 5.10 Å². The summed E-state index contributed by atoms with van der Waals surface area (Å²) in [5.41, 5.74) is 0.288. The van der Waals surface area contributed by atoms with Crippen LogP contribution in [0.3, 0.4) is 0 Å². The Morgan fingerprint density at radius 3 is 3.00 bits per heavy atom. The van der Waals surface area contributed by atoms with Gasteiger partial charge in [-0.25, -0.2) is 4.79 Å². The second-order valence-electron chi connectivity index (χ2n) is 1.91. The Balaban J connectivity index is 2.93. The number of aryl methyl sites for hydroxylation is 1. The van der Waals surface area contributed by atoms with E-state index in [1.54, 1.807) is 7.05 Å². The average molecular weight is 151 g/mol. The summed E-state index contributed by atoms with van der Waals surface area (Å²) in [4.78, 5) is 23.3. The molecule has 0 aromatic carbocycles. The topological polar surface area (TPSA) is 64.3 Å². The number of nitrogens with zero attached hydrogens (tertiary/aromatic N) is 3. The van der Waals surface area contributed by atoms with Gasteiger partial charge in [0.2, 0.25) is 6.08 Å². The first-order chi connectivity index (χ1) is 5.24. The number of aromatic nitrogens is 2.